The van der Waals surface area contributed by atoms with E-state index in [4.69, 9.17) is 5.73 Å². The van der Waals surface area contributed by atoms with Gasteiger partial charge in [-0.25, -0.2) is 4.39 Å². The van der Waals surface area contributed by atoms with Crippen molar-refractivity contribution in [2.24, 2.45) is 5.73 Å². The van der Waals surface area contributed by atoms with Crippen molar-refractivity contribution in [2.45, 2.75) is 12.1 Å². The Bertz CT molecular complexity index is 433. The van der Waals surface area contributed by atoms with Crippen molar-refractivity contribution < 1.29 is 22.5 Å². The minimum Gasteiger partial charge on any atom is -0.330 e. The first-order valence-electron chi connectivity index (χ1n) is 4.48. The molecule has 0 saturated heterocycles. The molecule has 0 spiro atoms. The third kappa shape index (κ3) is 2.90. The molecular weight excluding hydrogens is 244 g/mol. The smallest absolute Gasteiger partial charge is 0.330 e. The zero-order valence-electron chi connectivity index (χ0n) is 8.37. The number of halogens is 4. The van der Waals surface area contributed by atoms with Gasteiger partial charge in [-0.3, -0.25) is 10.1 Å². The van der Waals surface area contributed by atoms with Gasteiger partial charge >= 0.3 is 6.18 Å². The molecule has 0 fully saturated rings. The summed E-state index contributed by atoms with van der Waals surface area (Å²) in [6.07, 6.45) is -4.69. The molecule has 0 saturated carbocycles. The van der Waals surface area contributed by atoms with Crippen LogP contribution in [-0.4, -0.2) is 17.6 Å². The van der Waals surface area contributed by atoms with Gasteiger partial charge in [-0.1, -0.05) is 0 Å². The van der Waals surface area contributed by atoms with Crippen molar-refractivity contribution in [3.05, 3.63) is 39.7 Å². The van der Waals surface area contributed by atoms with Crippen LogP contribution in [0.4, 0.5) is 23.2 Å². The van der Waals surface area contributed by atoms with Crippen molar-refractivity contribution in [1.29, 1.82) is 0 Å². The lowest BCUT2D eigenvalue weighted by molar-refractivity contribution is -0.385. The highest BCUT2D eigenvalue weighted by Gasteiger charge is 2.41. The summed E-state index contributed by atoms with van der Waals surface area (Å²) in [5.74, 6) is -3.45. The van der Waals surface area contributed by atoms with Crippen LogP contribution in [0.2, 0.25) is 0 Å². The topological polar surface area (TPSA) is 69.2 Å². The van der Waals surface area contributed by atoms with Gasteiger partial charge < -0.3 is 5.73 Å². The van der Waals surface area contributed by atoms with E-state index in [1.807, 2.05) is 0 Å². The Labute approximate surface area is 93.2 Å². The summed E-state index contributed by atoms with van der Waals surface area (Å²) in [6, 6.07) is 2.00. The number of nitro benzene ring substituents is 1. The van der Waals surface area contributed by atoms with Gasteiger partial charge in [0.25, 0.3) is 5.69 Å². The first kappa shape index (κ1) is 13.4. The molecule has 1 rings (SSSR count). The van der Waals surface area contributed by atoms with Crippen LogP contribution in [-0.2, 0) is 0 Å². The van der Waals surface area contributed by atoms with Crippen molar-refractivity contribution in [3.8, 4) is 0 Å². The summed E-state index contributed by atoms with van der Waals surface area (Å²) in [5.41, 5.74) is 3.64. The lowest BCUT2D eigenvalue weighted by atomic mass is 9.98. The molecule has 4 nitrogen and oxygen atoms in total. The highest BCUT2D eigenvalue weighted by molar-refractivity contribution is 5.36. The van der Waals surface area contributed by atoms with E-state index >= 15 is 0 Å². The number of alkyl halides is 3. The van der Waals surface area contributed by atoms with Crippen LogP contribution in [0.5, 0.6) is 0 Å². The van der Waals surface area contributed by atoms with Crippen molar-refractivity contribution >= 4 is 5.69 Å². The standard InChI is InChI=1S/C9H8F4N2O2/c10-8-3-5(15(16)17)1-2-6(8)7(4-14)9(11,12)13/h1-3,7H,4,14H2. The molecule has 1 aromatic carbocycles. The predicted molar refractivity (Wildman–Crippen MR) is 50.9 cm³/mol. The Morgan fingerprint density at radius 2 is 2.00 bits per heavy atom. The average molecular weight is 252 g/mol. The fraction of sp³-hybridized carbons (Fsp3) is 0.333. The van der Waals surface area contributed by atoms with Gasteiger partial charge in [0.1, 0.15) is 5.82 Å². The van der Waals surface area contributed by atoms with Crippen molar-refractivity contribution in [1.82, 2.24) is 0 Å². The molecule has 0 aliphatic carbocycles. The summed E-state index contributed by atoms with van der Waals surface area (Å²) >= 11 is 0. The summed E-state index contributed by atoms with van der Waals surface area (Å²) in [7, 11) is 0. The van der Waals surface area contributed by atoms with Gasteiger partial charge in [-0.2, -0.15) is 13.2 Å². The minimum absolute atomic E-state index is 0.448. The summed E-state index contributed by atoms with van der Waals surface area (Å²) in [4.78, 5) is 9.40. The molecule has 1 aromatic rings. The first-order chi connectivity index (χ1) is 7.77. The Hall–Kier alpha value is -1.70. The number of benzene rings is 1. The maximum absolute atomic E-state index is 13.3. The monoisotopic (exact) mass is 252 g/mol. The zero-order chi connectivity index (χ0) is 13.2. The Balaban J connectivity index is 3.19. The van der Waals surface area contributed by atoms with E-state index in [9.17, 15) is 27.7 Å². The second kappa shape index (κ2) is 4.66. The average Bonchev–Trinajstić information content (AvgIpc) is 2.19. The van der Waals surface area contributed by atoms with E-state index in [0.29, 0.717) is 6.07 Å². The maximum Gasteiger partial charge on any atom is 0.397 e. The fourth-order valence-electron chi connectivity index (χ4n) is 1.35. The molecule has 94 valence electrons. The largest absolute Gasteiger partial charge is 0.397 e. The van der Waals surface area contributed by atoms with E-state index in [1.54, 1.807) is 0 Å². The van der Waals surface area contributed by atoms with Gasteiger partial charge in [0.2, 0.25) is 0 Å². The third-order valence-electron chi connectivity index (χ3n) is 2.20. The van der Waals surface area contributed by atoms with Gasteiger partial charge in [-0.15, -0.1) is 0 Å². The first-order valence-corrected chi connectivity index (χ1v) is 4.48. The molecule has 2 N–H and O–H groups in total. The third-order valence-corrected chi connectivity index (χ3v) is 2.20. The van der Waals surface area contributed by atoms with Crippen LogP contribution in [0.15, 0.2) is 18.2 Å². The number of nitrogens with two attached hydrogens (primary N) is 1. The molecule has 0 aliphatic heterocycles. The molecule has 0 radical (unpaired) electrons. The van der Waals surface area contributed by atoms with Gasteiger partial charge in [0, 0.05) is 18.2 Å². The molecule has 0 amide bonds. The lowest BCUT2D eigenvalue weighted by Gasteiger charge is -2.19. The van der Waals surface area contributed by atoms with Crippen LogP contribution in [0.3, 0.4) is 0 Å². The summed E-state index contributed by atoms with van der Waals surface area (Å²) < 4.78 is 50.7. The minimum atomic E-state index is -4.69. The van der Waals surface area contributed by atoms with Gasteiger partial charge in [0.15, 0.2) is 0 Å². The number of hydrogen-bond acceptors (Lipinski definition) is 3. The van der Waals surface area contributed by atoms with Crippen molar-refractivity contribution in [3.63, 3.8) is 0 Å². The van der Waals surface area contributed by atoms with Crippen LogP contribution in [0.1, 0.15) is 11.5 Å². The predicted octanol–water partition coefficient (Wildman–Crippen LogP) is 2.34. The maximum atomic E-state index is 13.3. The Morgan fingerprint density at radius 3 is 2.35 bits per heavy atom. The number of nitro groups is 1. The van der Waals surface area contributed by atoms with Gasteiger partial charge in [-0.05, 0) is 6.07 Å². The van der Waals surface area contributed by atoms with Crippen LogP contribution in [0.25, 0.3) is 0 Å². The van der Waals surface area contributed by atoms with E-state index < -0.39 is 40.6 Å². The molecular formula is C9H8F4N2O2. The van der Waals surface area contributed by atoms with Crippen LogP contribution >= 0.6 is 0 Å². The van der Waals surface area contributed by atoms with Crippen LogP contribution < -0.4 is 5.73 Å². The SMILES string of the molecule is NCC(c1ccc([N+](=O)[O-])cc1F)C(F)(F)F. The highest BCUT2D eigenvalue weighted by Crippen LogP contribution is 2.35. The number of non-ortho nitro benzene ring substituents is 1. The summed E-state index contributed by atoms with van der Waals surface area (Å²) in [6.45, 7) is -0.821. The molecule has 1 unspecified atom stereocenters. The second-order valence-electron chi connectivity index (χ2n) is 3.29. The Morgan fingerprint density at radius 1 is 1.41 bits per heavy atom. The number of hydrogen-bond donors (Lipinski definition) is 1. The lowest BCUT2D eigenvalue weighted by Crippen LogP contribution is -2.28. The molecule has 17 heavy (non-hydrogen) atoms. The number of nitrogens with zero attached hydrogens (tertiary/aromatic N) is 1. The van der Waals surface area contributed by atoms with E-state index in [-0.39, 0.29) is 0 Å². The molecule has 0 aromatic heterocycles. The van der Waals surface area contributed by atoms with E-state index in [1.165, 1.54) is 0 Å². The molecule has 0 bridgehead atoms. The fourth-order valence-corrected chi connectivity index (χ4v) is 1.35. The highest BCUT2D eigenvalue weighted by atomic mass is 19.4. The molecule has 1 atom stereocenters. The van der Waals surface area contributed by atoms with Gasteiger partial charge in [0.05, 0.1) is 16.9 Å². The number of rotatable bonds is 3. The molecule has 0 heterocycles. The van der Waals surface area contributed by atoms with E-state index in [0.717, 1.165) is 12.1 Å². The second-order valence-corrected chi connectivity index (χ2v) is 3.29. The summed E-state index contributed by atoms with van der Waals surface area (Å²) in [5, 5.41) is 10.3. The van der Waals surface area contributed by atoms with E-state index in [2.05, 4.69) is 0 Å². The Kier molecular flexibility index (Phi) is 3.66. The molecule has 8 heteroatoms. The van der Waals surface area contributed by atoms with Crippen LogP contribution in [0, 0.1) is 15.9 Å². The van der Waals surface area contributed by atoms with Crippen molar-refractivity contribution in [2.75, 3.05) is 6.54 Å². The molecule has 0 aliphatic rings. The normalized spacial score (nSPS) is 13.5. The zero-order valence-corrected chi connectivity index (χ0v) is 8.37. The quantitative estimate of drug-likeness (QED) is 0.510.